The van der Waals surface area contributed by atoms with E-state index in [1.54, 1.807) is 36.4 Å². The van der Waals surface area contributed by atoms with Gasteiger partial charge in [-0.1, -0.05) is 42.8 Å². The van der Waals surface area contributed by atoms with E-state index in [4.69, 9.17) is 14.2 Å². The molecule has 1 heterocycles. The van der Waals surface area contributed by atoms with Gasteiger partial charge in [0, 0.05) is 12.8 Å². The van der Waals surface area contributed by atoms with Gasteiger partial charge in [0.1, 0.15) is 12.2 Å². The Hall–Kier alpha value is -1.95. The summed E-state index contributed by atoms with van der Waals surface area (Å²) in [7, 11) is 0. The van der Waals surface area contributed by atoms with Crippen molar-refractivity contribution in [3.63, 3.8) is 0 Å². The number of ether oxygens (including phenoxy) is 3. The third kappa shape index (κ3) is 5.04. The number of hydrogen-bond donors (Lipinski definition) is 1. The van der Waals surface area contributed by atoms with Gasteiger partial charge in [0.05, 0.1) is 18.8 Å². The van der Waals surface area contributed by atoms with Crippen molar-refractivity contribution < 1.29 is 24.1 Å². The Labute approximate surface area is 154 Å². The molecular formula is C21H26O5. The van der Waals surface area contributed by atoms with Gasteiger partial charge in [-0.3, -0.25) is 0 Å². The molecule has 3 rings (SSSR count). The summed E-state index contributed by atoms with van der Waals surface area (Å²) in [6.07, 6.45) is 11.9. The third-order valence-corrected chi connectivity index (χ3v) is 4.70. The van der Waals surface area contributed by atoms with Crippen LogP contribution in [0.4, 0.5) is 0 Å². The predicted molar refractivity (Wildman–Crippen MR) is 97.7 cm³/mol. The summed E-state index contributed by atoms with van der Waals surface area (Å²) in [6.45, 7) is 0.297. The molecule has 1 aromatic rings. The zero-order valence-corrected chi connectivity index (χ0v) is 14.9. The van der Waals surface area contributed by atoms with Crippen molar-refractivity contribution in [3.05, 3.63) is 60.2 Å². The van der Waals surface area contributed by atoms with E-state index in [1.165, 1.54) is 6.42 Å². The molecule has 1 saturated carbocycles. The van der Waals surface area contributed by atoms with Crippen molar-refractivity contribution in [2.45, 2.75) is 50.1 Å². The van der Waals surface area contributed by atoms with Gasteiger partial charge in [0.15, 0.2) is 5.79 Å². The van der Waals surface area contributed by atoms with Gasteiger partial charge in [-0.15, -0.1) is 0 Å². The molecule has 0 amide bonds. The zero-order chi connectivity index (χ0) is 18.2. The minimum Gasteiger partial charge on any atom is -0.452 e. The standard InChI is InChI=1S/C21H26O5/c22-15-18(25-20(23)17-9-3-1-4-10-17)11-5-6-12-19-16-24-21(26-19)13-7-2-8-14-21/h1,3-6,9-12,18-19,22H,2,7-8,13-16H2/b11-5-,12-6-/t18-,19-/m0/s1. The molecule has 2 atom stereocenters. The van der Waals surface area contributed by atoms with Gasteiger partial charge in [-0.05, 0) is 31.1 Å². The summed E-state index contributed by atoms with van der Waals surface area (Å²) in [5, 5.41) is 9.40. The van der Waals surface area contributed by atoms with Crippen LogP contribution in [0.1, 0.15) is 42.5 Å². The molecule has 5 nitrogen and oxygen atoms in total. The highest BCUT2D eigenvalue weighted by Gasteiger charge is 2.41. The first-order valence-electron chi connectivity index (χ1n) is 9.24. The number of aliphatic hydroxyl groups excluding tert-OH is 1. The normalized spacial score (nSPS) is 23.7. The highest BCUT2D eigenvalue weighted by atomic mass is 16.7. The second-order valence-corrected chi connectivity index (χ2v) is 6.70. The van der Waals surface area contributed by atoms with Crippen LogP contribution in [0, 0.1) is 0 Å². The van der Waals surface area contributed by atoms with Gasteiger partial charge in [-0.2, -0.15) is 0 Å². The summed E-state index contributed by atoms with van der Waals surface area (Å²) in [4.78, 5) is 12.0. The highest BCUT2D eigenvalue weighted by Crippen LogP contribution is 2.37. The van der Waals surface area contributed by atoms with Crippen molar-refractivity contribution in [1.82, 2.24) is 0 Å². The van der Waals surface area contributed by atoms with Crippen LogP contribution < -0.4 is 0 Å². The van der Waals surface area contributed by atoms with Gasteiger partial charge >= 0.3 is 5.97 Å². The molecule has 1 saturated heterocycles. The number of aliphatic hydroxyl groups is 1. The van der Waals surface area contributed by atoms with Gasteiger partial charge < -0.3 is 19.3 Å². The molecule has 0 aromatic heterocycles. The van der Waals surface area contributed by atoms with Crippen LogP contribution in [0.15, 0.2) is 54.6 Å². The van der Waals surface area contributed by atoms with Crippen LogP contribution in [0.3, 0.4) is 0 Å². The lowest BCUT2D eigenvalue weighted by molar-refractivity contribution is -0.182. The Morgan fingerprint density at radius 3 is 2.73 bits per heavy atom. The smallest absolute Gasteiger partial charge is 0.338 e. The minimum atomic E-state index is -0.683. The molecular weight excluding hydrogens is 332 g/mol. The molecule has 5 heteroatoms. The number of esters is 1. The average Bonchev–Trinajstić information content (AvgIpc) is 3.07. The molecule has 140 valence electrons. The summed E-state index contributed by atoms with van der Waals surface area (Å²) in [5.41, 5.74) is 0.462. The van der Waals surface area contributed by atoms with Crippen molar-refractivity contribution in [2.24, 2.45) is 0 Å². The Bertz CT molecular complexity index is 631. The van der Waals surface area contributed by atoms with Crippen molar-refractivity contribution >= 4 is 5.97 Å². The van der Waals surface area contributed by atoms with Gasteiger partial charge in [-0.25, -0.2) is 4.79 Å². The van der Waals surface area contributed by atoms with Crippen LogP contribution in [-0.2, 0) is 14.2 Å². The van der Waals surface area contributed by atoms with Gasteiger partial charge in [0.2, 0.25) is 0 Å². The van der Waals surface area contributed by atoms with E-state index in [0.29, 0.717) is 12.2 Å². The molecule has 26 heavy (non-hydrogen) atoms. The van der Waals surface area contributed by atoms with Crippen LogP contribution in [0.25, 0.3) is 0 Å². The SMILES string of the molecule is O=C(O[C@@H](/C=C\C=C/[C@H]1COC2(CCCCC2)O1)CO)c1ccccc1. The number of hydrogen-bond acceptors (Lipinski definition) is 5. The number of allylic oxidation sites excluding steroid dienone is 2. The van der Waals surface area contributed by atoms with Crippen molar-refractivity contribution in [1.29, 1.82) is 0 Å². The quantitative estimate of drug-likeness (QED) is 0.624. The monoisotopic (exact) mass is 358 g/mol. The highest BCUT2D eigenvalue weighted by molar-refractivity contribution is 5.89. The Balaban J connectivity index is 1.47. The number of benzene rings is 1. The zero-order valence-electron chi connectivity index (χ0n) is 14.9. The Morgan fingerprint density at radius 2 is 2.00 bits per heavy atom. The maximum atomic E-state index is 12.0. The molecule has 0 unspecified atom stereocenters. The molecule has 0 bridgehead atoms. The second-order valence-electron chi connectivity index (χ2n) is 6.70. The molecule has 0 radical (unpaired) electrons. The lowest BCUT2D eigenvalue weighted by Gasteiger charge is -2.31. The fraction of sp³-hybridized carbons (Fsp3) is 0.476. The Morgan fingerprint density at radius 1 is 1.23 bits per heavy atom. The maximum Gasteiger partial charge on any atom is 0.338 e. The summed E-state index contributed by atoms with van der Waals surface area (Å²) >= 11 is 0. The number of rotatable bonds is 6. The van der Waals surface area contributed by atoms with E-state index < -0.39 is 12.1 Å². The maximum absolute atomic E-state index is 12.0. The lowest BCUT2D eigenvalue weighted by atomic mass is 9.94. The van der Waals surface area contributed by atoms with Crippen LogP contribution in [0.5, 0.6) is 0 Å². The van der Waals surface area contributed by atoms with E-state index in [1.807, 2.05) is 18.2 Å². The van der Waals surface area contributed by atoms with Crippen LogP contribution in [-0.4, -0.2) is 42.3 Å². The molecule has 1 N–H and O–H groups in total. The summed E-state index contributed by atoms with van der Waals surface area (Å²) in [6, 6.07) is 8.73. The van der Waals surface area contributed by atoms with E-state index in [9.17, 15) is 9.90 Å². The third-order valence-electron chi connectivity index (χ3n) is 4.70. The Kier molecular flexibility index (Phi) is 6.61. The summed E-state index contributed by atoms with van der Waals surface area (Å²) < 4.78 is 17.2. The first-order valence-corrected chi connectivity index (χ1v) is 9.24. The van der Waals surface area contributed by atoms with E-state index in [-0.39, 0.29) is 18.5 Å². The first kappa shape index (κ1) is 18.8. The number of carbonyl (C=O) groups is 1. The molecule has 1 spiro atoms. The van der Waals surface area contributed by atoms with Gasteiger partial charge in [0.25, 0.3) is 0 Å². The van der Waals surface area contributed by atoms with E-state index >= 15 is 0 Å². The largest absolute Gasteiger partial charge is 0.452 e. The minimum absolute atomic E-state index is 0.0582. The van der Waals surface area contributed by atoms with Crippen molar-refractivity contribution in [3.8, 4) is 0 Å². The topological polar surface area (TPSA) is 65.0 Å². The van der Waals surface area contributed by atoms with E-state index in [0.717, 1.165) is 25.7 Å². The average molecular weight is 358 g/mol. The first-order chi connectivity index (χ1) is 12.7. The van der Waals surface area contributed by atoms with Crippen LogP contribution >= 0.6 is 0 Å². The number of carbonyl (C=O) groups excluding carboxylic acids is 1. The van der Waals surface area contributed by atoms with Crippen molar-refractivity contribution in [2.75, 3.05) is 13.2 Å². The molecule has 2 fully saturated rings. The predicted octanol–water partition coefficient (Wildman–Crippen LogP) is 3.39. The molecule has 1 aliphatic carbocycles. The lowest BCUT2D eigenvalue weighted by Crippen LogP contribution is -2.33. The molecule has 1 aromatic carbocycles. The fourth-order valence-electron chi connectivity index (χ4n) is 3.32. The summed E-state index contributed by atoms with van der Waals surface area (Å²) in [5.74, 6) is -0.833. The fourth-order valence-corrected chi connectivity index (χ4v) is 3.32. The molecule has 1 aliphatic heterocycles. The molecule has 2 aliphatic rings. The van der Waals surface area contributed by atoms with E-state index in [2.05, 4.69) is 0 Å². The second kappa shape index (κ2) is 9.12. The van der Waals surface area contributed by atoms with Crippen LogP contribution in [0.2, 0.25) is 0 Å².